The molecule has 0 radical (unpaired) electrons. The lowest BCUT2D eigenvalue weighted by Gasteiger charge is -2.26. The average Bonchev–Trinajstić information content (AvgIpc) is 3.42. The Balaban J connectivity index is 1.58. The molecular formula is C19H15F2N5O. The van der Waals surface area contributed by atoms with Crippen molar-refractivity contribution in [3.8, 4) is 11.1 Å². The smallest absolute Gasteiger partial charge is 0.165 e. The van der Waals surface area contributed by atoms with E-state index < -0.39 is 11.6 Å². The molecule has 0 bridgehead atoms. The van der Waals surface area contributed by atoms with Gasteiger partial charge in [0.1, 0.15) is 23.7 Å². The number of hydrogen-bond donors (Lipinski definition) is 0. The number of hydrogen-bond acceptors (Lipinski definition) is 5. The van der Waals surface area contributed by atoms with Crippen LogP contribution < -0.4 is 4.90 Å². The Kier molecular flexibility index (Phi) is 3.63. The van der Waals surface area contributed by atoms with Gasteiger partial charge in [-0.25, -0.2) is 18.3 Å². The van der Waals surface area contributed by atoms with Gasteiger partial charge in [0.05, 0.1) is 24.0 Å². The summed E-state index contributed by atoms with van der Waals surface area (Å²) in [5.41, 5.74) is 2.59. The molecule has 1 unspecified atom stereocenters. The molecule has 1 fully saturated rings. The van der Waals surface area contributed by atoms with Gasteiger partial charge in [-0.15, -0.1) is 0 Å². The van der Waals surface area contributed by atoms with E-state index in [1.807, 2.05) is 17.2 Å². The fourth-order valence-electron chi connectivity index (χ4n) is 3.70. The van der Waals surface area contributed by atoms with Crippen LogP contribution in [-0.4, -0.2) is 26.3 Å². The van der Waals surface area contributed by atoms with Crippen molar-refractivity contribution in [3.63, 3.8) is 0 Å². The van der Waals surface area contributed by atoms with E-state index in [0.717, 1.165) is 36.6 Å². The molecule has 0 amide bonds. The van der Waals surface area contributed by atoms with Crippen molar-refractivity contribution >= 4 is 11.5 Å². The highest BCUT2D eigenvalue weighted by Crippen LogP contribution is 2.37. The normalized spacial score (nSPS) is 17.1. The van der Waals surface area contributed by atoms with Crippen LogP contribution in [0, 0.1) is 11.6 Å². The summed E-state index contributed by atoms with van der Waals surface area (Å²) >= 11 is 0. The lowest BCUT2D eigenvalue weighted by molar-refractivity contribution is 0.420. The molecule has 0 aliphatic carbocycles. The standard InChI is InChI=1S/C19H15F2N5O/c20-13-3-4-16(21)14(8-13)17-2-1-6-25(17)18-5-7-26-19(24-18)15(10-22-26)12-9-23-27-11-12/h3-5,7-11,17H,1-2,6H2. The minimum Gasteiger partial charge on any atom is -0.364 e. The Morgan fingerprint density at radius 2 is 2.07 bits per heavy atom. The number of halogens is 2. The minimum atomic E-state index is -0.438. The quantitative estimate of drug-likeness (QED) is 0.548. The van der Waals surface area contributed by atoms with Crippen molar-refractivity contribution in [1.82, 2.24) is 19.8 Å². The van der Waals surface area contributed by atoms with Gasteiger partial charge in [0.25, 0.3) is 0 Å². The molecule has 1 atom stereocenters. The third-order valence-electron chi connectivity index (χ3n) is 4.96. The molecule has 136 valence electrons. The second-order valence-electron chi connectivity index (χ2n) is 6.54. The molecule has 1 aliphatic rings. The van der Waals surface area contributed by atoms with E-state index in [1.165, 1.54) is 18.4 Å². The topological polar surface area (TPSA) is 59.5 Å². The minimum absolute atomic E-state index is 0.252. The first-order chi connectivity index (χ1) is 13.2. The third-order valence-corrected chi connectivity index (χ3v) is 4.96. The second kappa shape index (κ2) is 6.15. The SMILES string of the molecule is Fc1ccc(F)c(C2CCCN2c2ccn3ncc(-c4cnoc4)c3n2)c1. The first-order valence-corrected chi connectivity index (χ1v) is 8.66. The van der Waals surface area contributed by atoms with E-state index in [2.05, 4.69) is 10.3 Å². The number of aromatic nitrogens is 4. The number of benzene rings is 1. The van der Waals surface area contributed by atoms with Crippen LogP contribution in [0.2, 0.25) is 0 Å². The lowest BCUT2D eigenvalue weighted by atomic mass is 10.0. The average molecular weight is 367 g/mol. The molecule has 4 heterocycles. The number of anilines is 1. The van der Waals surface area contributed by atoms with Crippen LogP contribution in [0.15, 0.2) is 53.6 Å². The van der Waals surface area contributed by atoms with Gasteiger partial charge in [0.15, 0.2) is 5.65 Å². The van der Waals surface area contributed by atoms with Crippen molar-refractivity contribution < 1.29 is 13.3 Å². The van der Waals surface area contributed by atoms with Crippen LogP contribution in [0.4, 0.5) is 14.6 Å². The predicted octanol–water partition coefficient (Wildman–Crippen LogP) is 4.00. The molecule has 0 N–H and O–H groups in total. The molecule has 0 spiro atoms. The van der Waals surface area contributed by atoms with Crippen molar-refractivity contribution in [2.75, 3.05) is 11.4 Å². The highest BCUT2D eigenvalue weighted by atomic mass is 19.1. The van der Waals surface area contributed by atoms with Crippen molar-refractivity contribution in [3.05, 3.63) is 66.3 Å². The summed E-state index contributed by atoms with van der Waals surface area (Å²) in [5, 5.41) is 8.03. The Morgan fingerprint density at radius 1 is 1.15 bits per heavy atom. The maximum atomic E-state index is 14.3. The molecule has 0 saturated carbocycles. The zero-order valence-electron chi connectivity index (χ0n) is 14.2. The Labute approximate surface area is 153 Å². The Bertz CT molecular complexity index is 1110. The zero-order valence-corrected chi connectivity index (χ0v) is 14.2. The molecule has 4 aromatic rings. The first kappa shape index (κ1) is 15.9. The van der Waals surface area contributed by atoms with Crippen molar-refractivity contribution in [2.24, 2.45) is 0 Å². The van der Waals surface area contributed by atoms with E-state index in [0.29, 0.717) is 17.0 Å². The van der Waals surface area contributed by atoms with E-state index in [4.69, 9.17) is 9.51 Å². The van der Waals surface area contributed by atoms with Crippen LogP contribution in [0.1, 0.15) is 24.4 Å². The predicted molar refractivity (Wildman–Crippen MR) is 94.2 cm³/mol. The maximum absolute atomic E-state index is 14.3. The summed E-state index contributed by atoms with van der Waals surface area (Å²) in [6.07, 6.45) is 8.27. The lowest BCUT2D eigenvalue weighted by Crippen LogP contribution is -2.24. The molecule has 1 aliphatic heterocycles. The van der Waals surface area contributed by atoms with Crippen LogP contribution in [0.3, 0.4) is 0 Å². The van der Waals surface area contributed by atoms with Crippen LogP contribution >= 0.6 is 0 Å². The summed E-state index contributed by atoms with van der Waals surface area (Å²) in [6.45, 7) is 0.723. The molecule has 27 heavy (non-hydrogen) atoms. The van der Waals surface area contributed by atoms with Gasteiger partial charge >= 0.3 is 0 Å². The highest BCUT2D eigenvalue weighted by molar-refractivity contribution is 5.76. The summed E-state index contributed by atoms with van der Waals surface area (Å²) in [5.74, 6) is -0.136. The third kappa shape index (κ3) is 2.64. The van der Waals surface area contributed by atoms with E-state index in [9.17, 15) is 8.78 Å². The second-order valence-corrected chi connectivity index (χ2v) is 6.54. The fraction of sp³-hybridized carbons (Fsp3) is 0.211. The molecule has 3 aromatic heterocycles. The maximum Gasteiger partial charge on any atom is 0.165 e. The summed E-state index contributed by atoms with van der Waals surface area (Å²) in [4.78, 5) is 6.76. The van der Waals surface area contributed by atoms with E-state index in [1.54, 1.807) is 16.9 Å². The van der Waals surface area contributed by atoms with Crippen LogP contribution in [0.25, 0.3) is 16.8 Å². The largest absolute Gasteiger partial charge is 0.364 e. The van der Waals surface area contributed by atoms with E-state index in [-0.39, 0.29) is 6.04 Å². The fourth-order valence-corrected chi connectivity index (χ4v) is 3.70. The summed E-state index contributed by atoms with van der Waals surface area (Å²) in [7, 11) is 0. The number of rotatable bonds is 3. The Hall–Kier alpha value is -3.29. The molecular weight excluding hydrogens is 352 g/mol. The van der Waals surface area contributed by atoms with Crippen LogP contribution in [-0.2, 0) is 0 Å². The molecule has 1 aromatic carbocycles. The molecule has 5 rings (SSSR count). The zero-order chi connectivity index (χ0) is 18.4. The Morgan fingerprint density at radius 3 is 2.93 bits per heavy atom. The highest BCUT2D eigenvalue weighted by Gasteiger charge is 2.30. The van der Waals surface area contributed by atoms with Gasteiger partial charge in [-0.2, -0.15) is 5.10 Å². The van der Waals surface area contributed by atoms with Crippen molar-refractivity contribution in [2.45, 2.75) is 18.9 Å². The monoisotopic (exact) mass is 367 g/mol. The van der Waals surface area contributed by atoms with E-state index >= 15 is 0 Å². The first-order valence-electron chi connectivity index (χ1n) is 8.66. The van der Waals surface area contributed by atoms with Gasteiger partial charge in [0.2, 0.25) is 0 Å². The van der Waals surface area contributed by atoms with Crippen molar-refractivity contribution in [1.29, 1.82) is 0 Å². The molecule has 1 saturated heterocycles. The van der Waals surface area contributed by atoms with Crippen LogP contribution in [0.5, 0.6) is 0 Å². The summed E-state index contributed by atoms with van der Waals surface area (Å²) < 4.78 is 34.6. The number of nitrogens with zero attached hydrogens (tertiary/aromatic N) is 5. The summed E-state index contributed by atoms with van der Waals surface area (Å²) in [6, 6.07) is 5.18. The van der Waals surface area contributed by atoms with Gasteiger partial charge in [0, 0.05) is 23.9 Å². The molecule has 6 nitrogen and oxygen atoms in total. The number of fused-ring (bicyclic) bond motifs is 1. The van der Waals surface area contributed by atoms with Gasteiger partial charge in [-0.1, -0.05) is 5.16 Å². The molecule has 8 heteroatoms. The van der Waals surface area contributed by atoms with Gasteiger partial charge < -0.3 is 9.42 Å². The van der Waals surface area contributed by atoms with Gasteiger partial charge in [-0.3, -0.25) is 0 Å². The van der Waals surface area contributed by atoms with Gasteiger partial charge in [-0.05, 0) is 37.1 Å².